The van der Waals surface area contributed by atoms with Crippen molar-refractivity contribution in [1.29, 1.82) is 0 Å². The zero-order valence-corrected chi connectivity index (χ0v) is 13.3. The highest BCUT2D eigenvalue weighted by molar-refractivity contribution is 7.99. The quantitative estimate of drug-likeness (QED) is 0.647. The minimum Gasteiger partial charge on any atom is -0.273 e. The summed E-state index contributed by atoms with van der Waals surface area (Å²) >= 11 is 1.71. The fourth-order valence-electron chi connectivity index (χ4n) is 2.40. The summed E-state index contributed by atoms with van der Waals surface area (Å²) < 4.78 is 0. The lowest BCUT2D eigenvalue weighted by molar-refractivity contribution is -0.120. The third-order valence-electron chi connectivity index (χ3n) is 3.61. The fourth-order valence-corrected chi connectivity index (χ4v) is 3.27. The van der Waals surface area contributed by atoms with Crippen molar-refractivity contribution in [1.82, 2.24) is 5.43 Å². The predicted octanol–water partition coefficient (Wildman–Crippen LogP) is 4.39. The number of rotatable bonds is 5. The molecule has 4 heteroatoms. The minimum atomic E-state index is 0.0213. The van der Waals surface area contributed by atoms with Crippen LogP contribution in [0.2, 0.25) is 0 Å². The Kier molecular flexibility index (Phi) is 7.36. The molecule has 3 nitrogen and oxygen atoms in total. The molecular weight excluding hydrogens is 280 g/mol. The molecule has 1 saturated carbocycles. The van der Waals surface area contributed by atoms with Gasteiger partial charge in [-0.2, -0.15) is 5.10 Å². The molecule has 0 radical (unpaired) electrons. The molecule has 0 saturated heterocycles. The maximum atomic E-state index is 11.8. The van der Waals surface area contributed by atoms with Crippen LogP contribution in [-0.4, -0.2) is 17.4 Å². The monoisotopic (exact) mass is 304 g/mol. The zero-order chi connectivity index (χ0) is 14.8. The fraction of sp³-hybridized carbons (Fsp3) is 0.529. The van der Waals surface area contributed by atoms with E-state index >= 15 is 0 Å². The number of nitrogens with zero attached hydrogens (tertiary/aromatic N) is 1. The van der Waals surface area contributed by atoms with Gasteiger partial charge in [-0.25, -0.2) is 5.43 Å². The molecule has 1 aromatic carbocycles. The van der Waals surface area contributed by atoms with Gasteiger partial charge in [0.1, 0.15) is 0 Å². The smallest absolute Gasteiger partial charge is 0.240 e. The summed E-state index contributed by atoms with van der Waals surface area (Å²) in [6.07, 6.45) is 8.93. The molecule has 0 unspecified atom stereocenters. The molecule has 1 N–H and O–H groups in total. The second kappa shape index (κ2) is 9.61. The number of benzene rings is 1. The third-order valence-corrected chi connectivity index (χ3v) is 4.62. The van der Waals surface area contributed by atoms with Crippen molar-refractivity contribution in [3.63, 3.8) is 0 Å². The van der Waals surface area contributed by atoms with Crippen LogP contribution in [-0.2, 0) is 4.79 Å². The Labute approximate surface area is 131 Å². The lowest BCUT2D eigenvalue weighted by Gasteiger charge is -2.10. The highest BCUT2D eigenvalue weighted by Crippen LogP contribution is 2.17. The van der Waals surface area contributed by atoms with Gasteiger partial charge in [0.15, 0.2) is 0 Å². The second-order valence-electron chi connectivity index (χ2n) is 5.39. The Morgan fingerprint density at radius 2 is 1.71 bits per heavy atom. The molecule has 114 valence electrons. The molecule has 0 bridgehead atoms. The molecule has 2 rings (SSSR count). The van der Waals surface area contributed by atoms with E-state index in [2.05, 4.69) is 22.7 Å². The first-order valence-electron chi connectivity index (χ1n) is 7.87. The molecule has 0 aromatic heterocycles. The van der Waals surface area contributed by atoms with Crippen molar-refractivity contribution in [2.45, 2.75) is 56.3 Å². The van der Waals surface area contributed by atoms with E-state index in [0.717, 1.165) is 18.6 Å². The summed E-state index contributed by atoms with van der Waals surface area (Å²) in [7, 11) is 0. The van der Waals surface area contributed by atoms with Crippen LogP contribution in [0.4, 0.5) is 0 Å². The number of amides is 1. The Bertz CT molecular complexity index is 449. The van der Waals surface area contributed by atoms with Crippen LogP contribution in [0.25, 0.3) is 0 Å². The molecule has 0 aliphatic heterocycles. The first-order valence-corrected chi connectivity index (χ1v) is 8.85. The molecule has 1 aliphatic carbocycles. The maximum Gasteiger partial charge on any atom is 0.240 e. The summed E-state index contributed by atoms with van der Waals surface area (Å²) in [5.74, 6) is 0.814. The van der Waals surface area contributed by atoms with Gasteiger partial charge in [-0.3, -0.25) is 4.79 Å². The second-order valence-corrected chi connectivity index (χ2v) is 6.56. The summed E-state index contributed by atoms with van der Waals surface area (Å²) in [4.78, 5) is 13.0. The summed E-state index contributed by atoms with van der Waals surface area (Å²) in [5.41, 5.74) is 3.89. The van der Waals surface area contributed by atoms with E-state index in [1.807, 2.05) is 18.2 Å². The van der Waals surface area contributed by atoms with E-state index in [4.69, 9.17) is 0 Å². The van der Waals surface area contributed by atoms with Crippen molar-refractivity contribution >= 4 is 23.4 Å². The Hall–Kier alpha value is -1.29. The molecule has 21 heavy (non-hydrogen) atoms. The molecule has 0 heterocycles. The number of nitrogens with one attached hydrogen (secondary N) is 1. The lowest BCUT2D eigenvalue weighted by Crippen LogP contribution is -2.20. The Morgan fingerprint density at radius 3 is 2.43 bits per heavy atom. The van der Waals surface area contributed by atoms with Gasteiger partial charge in [0.25, 0.3) is 0 Å². The highest BCUT2D eigenvalue weighted by Gasteiger charge is 2.06. The predicted molar refractivity (Wildman–Crippen MR) is 89.7 cm³/mol. The number of hydrazone groups is 1. The van der Waals surface area contributed by atoms with E-state index in [-0.39, 0.29) is 5.91 Å². The lowest BCUT2D eigenvalue weighted by atomic mass is 9.99. The third kappa shape index (κ3) is 6.80. The maximum absolute atomic E-state index is 11.8. The Morgan fingerprint density at radius 1 is 1.05 bits per heavy atom. The van der Waals surface area contributed by atoms with Gasteiger partial charge in [-0.15, -0.1) is 11.8 Å². The zero-order valence-electron chi connectivity index (χ0n) is 12.5. The molecule has 1 amide bonds. The average Bonchev–Trinajstić information content (AvgIpc) is 2.47. The van der Waals surface area contributed by atoms with E-state index in [1.54, 1.807) is 11.8 Å². The molecule has 1 fully saturated rings. The Balaban J connectivity index is 1.66. The van der Waals surface area contributed by atoms with Crippen LogP contribution < -0.4 is 5.43 Å². The van der Waals surface area contributed by atoms with Crippen LogP contribution in [0.5, 0.6) is 0 Å². The van der Waals surface area contributed by atoms with Gasteiger partial charge in [-0.05, 0) is 37.8 Å². The molecular formula is C17H24N2OS. The normalized spacial score (nSPS) is 15.9. The number of carbonyl (C=O) groups is 1. The van der Waals surface area contributed by atoms with Crippen molar-refractivity contribution in [3.8, 4) is 0 Å². The summed E-state index contributed by atoms with van der Waals surface area (Å²) in [6, 6.07) is 10.2. The largest absolute Gasteiger partial charge is 0.273 e. The van der Waals surface area contributed by atoms with Crippen LogP contribution in [0.3, 0.4) is 0 Å². The average molecular weight is 304 g/mol. The van der Waals surface area contributed by atoms with Gasteiger partial charge < -0.3 is 0 Å². The molecule has 0 spiro atoms. The van der Waals surface area contributed by atoms with Gasteiger partial charge in [-0.1, -0.05) is 37.5 Å². The van der Waals surface area contributed by atoms with Crippen LogP contribution in [0, 0.1) is 0 Å². The van der Waals surface area contributed by atoms with E-state index in [1.165, 1.54) is 42.7 Å². The number of hydrogen-bond acceptors (Lipinski definition) is 3. The highest BCUT2D eigenvalue weighted by atomic mass is 32.2. The van der Waals surface area contributed by atoms with E-state index in [9.17, 15) is 4.79 Å². The first-order chi connectivity index (χ1) is 10.3. The van der Waals surface area contributed by atoms with Gasteiger partial charge in [0.05, 0.1) is 0 Å². The first kappa shape index (κ1) is 16.1. The molecule has 1 aromatic rings. The van der Waals surface area contributed by atoms with Crippen LogP contribution >= 0.6 is 11.8 Å². The summed E-state index contributed by atoms with van der Waals surface area (Å²) in [5, 5.41) is 4.32. The molecule has 1 aliphatic rings. The van der Waals surface area contributed by atoms with Crippen LogP contribution in [0.15, 0.2) is 40.3 Å². The van der Waals surface area contributed by atoms with Gasteiger partial charge >= 0.3 is 0 Å². The number of carbonyl (C=O) groups excluding carboxylic acids is 1. The van der Waals surface area contributed by atoms with E-state index in [0.29, 0.717) is 6.42 Å². The number of hydrogen-bond donors (Lipinski definition) is 1. The van der Waals surface area contributed by atoms with Crippen molar-refractivity contribution in [2.75, 3.05) is 5.75 Å². The van der Waals surface area contributed by atoms with Crippen molar-refractivity contribution in [3.05, 3.63) is 30.3 Å². The summed E-state index contributed by atoms with van der Waals surface area (Å²) in [6.45, 7) is 0. The van der Waals surface area contributed by atoms with Crippen molar-refractivity contribution in [2.24, 2.45) is 5.10 Å². The molecule has 0 atom stereocenters. The van der Waals surface area contributed by atoms with Gasteiger partial charge in [0, 0.05) is 22.8 Å². The standard InChI is InChI=1S/C17H24N2OS/c20-17(13-14-21-16-11-7-4-8-12-16)19-18-15-9-5-2-1-3-6-10-15/h4,7-8,11-12H,1-3,5-6,9-10,13-14H2,(H,19,20). The van der Waals surface area contributed by atoms with E-state index < -0.39 is 0 Å². The van der Waals surface area contributed by atoms with Crippen molar-refractivity contribution < 1.29 is 4.79 Å². The van der Waals surface area contributed by atoms with Crippen LogP contribution in [0.1, 0.15) is 51.4 Å². The number of thioether (sulfide) groups is 1. The SMILES string of the molecule is O=C(CCSc1ccccc1)NN=C1CCCCCCC1. The van der Waals surface area contributed by atoms with Gasteiger partial charge in [0.2, 0.25) is 5.91 Å². The minimum absolute atomic E-state index is 0.0213. The topological polar surface area (TPSA) is 41.5 Å².